The fourth-order valence-corrected chi connectivity index (χ4v) is 8.46. The van der Waals surface area contributed by atoms with Crippen molar-refractivity contribution in [2.45, 2.75) is 60.8 Å². The molecule has 1 heterocycles. The molecule has 0 amide bonds. The molecular weight excluding hydrogens is 331 g/mol. The van der Waals surface area contributed by atoms with E-state index >= 15 is 0 Å². The average Bonchev–Trinajstić information content (AvgIpc) is 2.72. The minimum absolute atomic E-state index is 0.910. The third-order valence-electron chi connectivity index (χ3n) is 3.46. The molecule has 0 fully saturated rings. The fraction of sp³-hybridized carbons (Fsp3) is 0.733. The summed E-state index contributed by atoms with van der Waals surface area (Å²) in [6.07, 6.45) is 6.80. The van der Waals surface area contributed by atoms with Crippen LogP contribution in [-0.4, -0.2) is 18.4 Å². The molecule has 2 heteroatoms. The van der Waals surface area contributed by atoms with Crippen LogP contribution in [0.4, 0.5) is 0 Å². The maximum absolute atomic E-state index is 2.52. The van der Waals surface area contributed by atoms with Gasteiger partial charge in [0, 0.05) is 0 Å². The van der Waals surface area contributed by atoms with Crippen LogP contribution in [-0.2, 0) is 6.42 Å². The van der Waals surface area contributed by atoms with Gasteiger partial charge < -0.3 is 0 Å². The van der Waals surface area contributed by atoms with Crippen LogP contribution in [0.2, 0.25) is 14.8 Å². The summed E-state index contributed by atoms with van der Waals surface area (Å²) in [5.74, 6) is 0.910. The Balaban J connectivity index is 2.58. The Bertz CT molecular complexity index is 322. The summed E-state index contributed by atoms with van der Waals surface area (Å²) in [5.41, 5.74) is 1.61. The first kappa shape index (κ1) is 15.6. The van der Waals surface area contributed by atoms with E-state index in [9.17, 15) is 0 Å². The van der Waals surface area contributed by atoms with Crippen LogP contribution in [0.5, 0.6) is 0 Å². The number of hydrogen-bond donors (Lipinski definition) is 0. The average molecular weight is 359 g/mol. The van der Waals surface area contributed by atoms with E-state index in [0.29, 0.717) is 0 Å². The molecule has 1 aromatic rings. The van der Waals surface area contributed by atoms with Gasteiger partial charge in [-0.05, 0) is 0 Å². The first-order chi connectivity index (χ1) is 7.97. The zero-order valence-electron chi connectivity index (χ0n) is 12.2. The van der Waals surface area contributed by atoms with Crippen molar-refractivity contribution < 1.29 is 0 Å². The van der Waals surface area contributed by atoms with Gasteiger partial charge >= 0.3 is 116 Å². The van der Waals surface area contributed by atoms with Gasteiger partial charge in [-0.3, -0.25) is 0 Å². The van der Waals surface area contributed by atoms with Crippen LogP contribution >= 0.6 is 11.3 Å². The van der Waals surface area contributed by atoms with Gasteiger partial charge in [-0.25, -0.2) is 0 Å². The van der Waals surface area contributed by atoms with Gasteiger partial charge in [0.2, 0.25) is 0 Å². The Morgan fingerprint density at radius 3 is 2.41 bits per heavy atom. The molecule has 0 aromatic carbocycles. The zero-order valence-corrected chi connectivity index (χ0v) is 15.8. The van der Waals surface area contributed by atoms with Gasteiger partial charge in [0.15, 0.2) is 0 Å². The Morgan fingerprint density at radius 2 is 1.94 bits per heavy atom. The second-order valence-electron chi connectivity index (χ2n) is 6.19. The second-order valence-corrected chi connectivity index (χ2v) is 22.5. The Hall–Kier alpha value is 0.499. The van der Waals surface area contributed by atoms with Crippen molar-refractivity contribution >= 4 is 32.6 Å². The SMILES string of the molecule is CCCCC(CC)Cc1cs[c]([Sn]([CH3])([CH3])[CH3])c1. The van der Waals surface area contributed by atoms with Gasteiger partial charge in [0.25, 0.3) is 0 Å². The topological polar surface area (TPSA) is 0 Å². The summed E-state index contributed by atoms with van der Waals surface area (Å²) < 4.78 is 1.74. The molecular formula is C15H28SSn. The van der Waals surface area contributed by atoms with Crippen LogP contribution in [0.15, 0.2) is 11.4 Å². The monoisotopic (exact) mass is 360 g/mol. The van der Waals surface area contributed by atoms with Gasteiger partial charge in [-0.1, -0.05) is 0 Å². The van der Waals surface area contributed by atoms with E-state index < -0.39 is 18.4 Å². The van der Waals surface area contributed by atoms with Gasteiger partial charge in [0.1, 0.15) is 0 Å². The van der Waals surface area contributed by atoms with Crippen LogP contribution in [0.25, 0.3) is 0 Å². The van der Waals surface area contributed by atoms with E-state index in [1.807, 2.05) is 11.3 Å². The fourth-order valence-electron chi connectivity index (χ4n) is 2.15. The Labute approximate surface area is 116 Å². The number of hydrogen-bond acceptors (Lipinski definition) is 1. The van der Waals surface area contributed by atoms with Crippen LogP contribution in [0.3, 0.4) is 0 Å². The predicted molar refractivity (Wildman–Crippen MR) is 84.3 cm³/mol. The maximum atomic E-state index is 2.52. The number of rotatable bonds is 7. The third kappa shape index (κ3) is 5.33. The molecule has 0 spiro atoms. The van der Waals surface area contributed by atoms with Crippen LogP contribution in [0, 0.1) is 5.92 Å². The van der Waals surface area contributed by atoms with Crippen molar-refractivity contribution in [3.05, 3.63) is 17.0 Å². The van der Waals surface area contributed by atoms with Gasteiger partial charge in [-0.2, -0.15) is 0 Å². The minimum atomic E-state index is -1.79. The van der Waals surface area contributed by atoms with Gasteiger partial charge in [0.05, 0.1) is 0 Å². The molecule has 1 aromatic heterocycles. The van der Waals surface area contributed by atoms with Crippen molar-refractivity contribution in [3.8, 4) is 0 Å². The first-order valence-corrected chi connectivity index (χ1v) is 17.9. The summed E-state index contributed by atoms with van der Waals surface area (Å²) in [7, 11) is 0. The number of thiophene rings is 1. The van der Waals surface area contributed by atoms with E-state index in [4.69, 9.17) is 0 Å². The molecule has 17 heavy (non-hydrogen) atoms. The van der Waals surface area contributed by atoms with E-state index in [2.05, 4.69) is 40.1 Å². The van der Waals surface area contributed by atoms with Gasteiger partial charge in [-0.15, -0.1) is 0 Å². The van der Waals surface area contributed by atoms with Crippen molar-refractivity contribution in [1.29, 1.82) is 0 Å². The van der Waals surface area contributed by atoms with E-state index in [1.165, 1.54) is 32.1 Å². The van der Waals surface area contributed by atoms with E-state index in [0.717, 1.165) is 5.92 Å². The molecule has 0 saturated carbocycles. The normalized spacial score (nSPS) is 13.9. The molecule has 0 saturated heterocycles. The second kappa shape index (κ2) is 7.18. The summed E-state index contributed by atoms with van der Waals surface area (Å²) >= 11 is 0.232. The molecule has 1 rings (SSSR count). The van der Waals surface area contributed by atoms with Crippen molar-refractivity contribution in [1.82, 2.24) is 0 Å². The quantitative estimate of drug-likeness (QED) is 0.598. The zero-order chi connectivity index (χ0) is 12.9. The Morgan fingerprint density at radius 1 is 1.24 bits per heavy atom. The molecule has 98 valence electrons. The van der Waals surface area contributed by atoms with Crippen molar-refractivity contribution in [2.24, 2.45) is 5.92 Å². The predicted octanol–water partition coefficient (Wildman–Crippen LogP) is 5.05. The molecule has 0 bridgehead atoms. The molecule has 0 nitrogen and oxygen atoms in total. The standard InChI is InChI=1S/C12H19S.3CH3.Sn/c1-3-5-6-11(4-2)9-12-7-8-13-10-12;;;;/h7,10-11H,3-6,9H2,1-2H3;3*1H3;. The summed E-state index contributed by atoms with van der Waals surface area (Å²) in [5, 5.41) is 2.42. The van der Waals surface area contributed by atoms with E-state index in [-0.39, 0.29) is 0 Å². The van der Waals surface area contributed by atoms with Crippen molar-refractivity contribution in [3.63, 3.8) is 0 Å². The summed E-state index contributed by atoms with van der Waals surface area (Å²) in [4.78, 5) is 7.54. The molecule has 1 unspecified atom stereocenters. The third-order valence-corrected chi connectivity index (χ3v) is 14.0. The molecule has 0 aliphatic carbocycles. The molecule has 0 aliphatic heterocycles. The first-order valence-electron chi connectivity index (χ1n) is 7.05. The molecule has 1 atom stereocenters. The van der Waals surface area contributed by atoms with Crippen molar-refractivity contribution in [2.75, 3.05) is 0 Å². The molecule has 0 radical (unpaired) electrons. The van der Waals surface area contributed by atoms with Crippen LogP contribution in [0.1, 0.15) is 45.1 Å². The van der Waals surface area contributed by atoms with Crippen LogP contribution < -0.4 is 2.89 Å². The van der Waals surface area contributed by atoms with E-state index in [1.54, 1.807) is 8.46 Å². The molecule has 0 N–H and O–H groups in total. The number of unbranched alkanes of at least 4 members (excludes halogenated alkanes) is 1. The Kier molecular flexibility index (Phi) is 6.57. The summed E-state index contributed by atoms with van der Waals surface area (Å²) in [6.45, 7) is 4.64. The summed E-state index contributed by atoms with van der Waals surface area (Å²) in [6, 6.07) is 2.52. The molecule has 0 aliphatic rings.